The zero-order valence-corrected chi connectivity index (χ0v) is 16.5. The number of H-pyrrole nitrogens is 1. The number of likely N-dealkylation sites (tertiary alicyclic amines) is 1. The molecule has 2 aliphatic rings. The van der Waals surface area contributed by atoms with Crippen LogP contribution in [-0.4, -0.2) is 48.6 Å². The van der Waals surface area contributed by atoms with E-state index in [9.17, 15) is 4.79 Å². The van der Waals surface area contributed by atoms with Gasteiger partial charge in [-0.2, -0.15) is 5.10 Å². The summed E-state index contributed by atoms with van der Waals surface area (Å²) in [6, 6.07) is 4.29. The molecular formula is C21H26N6O. The molecule has 7 nitrogen and oxygen atoms in total. The molecule has 1 amide bonds. The standard InChI is InChI=1S/C21H26N6O/c1-13(2)19-23-17-7-4-10-22-20(17)27(19)14-8-11-26(12-9-14)21(28)18-15-5-3-6-16(15)24-25-18/h4,7,10,13-14H,3,5-6,8-9,11-12H2,1-2H3,(H,24,25). The summed E-state index contributed by atoms with van der Waals surface area (Å²) in [4.78, 5) is 24.4. The molecule has 0 bridgehead atoms. The van der Waals surface area contributed by atoms with Gasteiger partial charge in [0.1, 0.15) is 11.3 Å². The van der Waals surface area contributed by atoms with Gasteiger partial charge in [0.2, 0.25) is 0 Å². The first-order valence-corrected chi connectivity index (χ1v) is 10.3. The Kier molecular flexibility index (Phi) is 4.18. The van der Waals surface area contributed by atoms with Crippen LogP contribution >= 0.6 is 0 Å². The predicted molar refractivity (Wildman–Crippen MR) is 106 cm³/mol. The van der Waals surface area contributed by atoms with Crippen molar-refractivity contribution in [2.75, 3.05) is 13.1 Å². The van der Waals surface area contributed by atoms with E-state index in [1.807, 2.05) is 23.2 Å². The van der Waals surface area contributed by atoms with Gasteiger partial charge in [0.25, 0.3) is 5.91 Å². The molecule has 3 aromatic heterocycles. The Labute approximate surface area is 164 Å². The lowest BCUT2D eigenvalue weighted by Crippen LogP contribution is -2.39. The number of carbonyl (C=O) groups is 1. The van der Waals surface area contributed by atoms with Crippen LogP contribution in [0.15, 0.2) is 18.3 Å². The van der Waals surface area contributed by atoms with Crippen LogP contribution in [0, 0.1) is 0 Å². The molecule has 3 aromatic rings. The van der Waals surface area contributed by atoms with Crippen molar-refractivity contribution in [1.29, 1.82) is 0 Å². The normalized spacial score (nSPS) is 17.6. The maximum absolute atomic E-state index is 13.0. The summed E-state index contributed by atoms with van der Waals surface area (Å²) in [5.74, 6) is 1.50. The monoisotopic (exact) mass is 378 g/mol. The van der Waals surface area contributed by atoms with Gasteiger partial charge in [-0.05, 0) is 44.2 Å². The quantitative estimate of drug-likeness (QED) is 0.759. The van der Waals surface area contributed by atoms with E-state index in [-0.39, 0.29) is 5.91 Å². The number of carbonyl (C=O) groups excluding carboxylic acids is 1. The lowest BCUT2D eigenvalue weighted by atomic mass is 10.0. The lowest BCUT2D eigenvalue weighted by Gasteiger charge is -2.33. The van der Waals surface area contributed by atoms with Gasteiger partial charge < -0.3 is 9.47 Å². The molecular weight excluding hydrogens is 352 g/mol. The first-order valence-electron chi connectivity index (χ1n) is 10.3. The summed E-state index contributed by atoms with van der Waals surface area (Å²) in [7, 11) is 0. The van der Waals surface area contributed by atoms with E-state index in [1.54, 1.807) is 0 Å². The molecule has 5 rings (SSSR count). The van der Waals surface area contributed by atoms with E-state index < -0.39 is 0 Å². The number of fused-ring (bicyclic) bond motifs is 2. The summed E-state index contributed by atoms with van der Waals surface area (Å²) in [6.07, 6.45) is 6.76. The molecule has 1 N–H and O–H groups in total. The average Bonchev–Trinajstić information content (AvgIpc) is 3.41. The molecule has 0 spiro atoms. The van der Waals surface area contributed by atoms with E-state index in [1.165, 1.54) is 0 Å². The highest BCUT2D eigenvalue weighted by atomic mass is 16.2. The number of aromatic nitrogens is 5. The van der Waals surface area contributed by atoms with Gasteiger partial charge in [0.05, 0.1) is 0 Å². The summed E-state index contributed by atoms with van der Waals surface area (Å²) in [5.41, 5.74) is 4.84. The Bertz CT molecular complexity index is 1020. The molecule has 0 atom stereocenters. The van der Waals surface area contributed by atoms with E-state index in [0.717, 1.165) is 73.4 Å². The predicted octanol–water partition coefficient (Wildman–Crippen LogP) is 3.24. The molecule has 7 heteroatoms. The second kappa shape index (κ2) is 6.72. The van der Waals surface area contributed by atoms with Crippen molar-refractivity contribution in [3.63, 3.8) is 0 Å². The number of aromatic amines is 1. The van der Waals surface area contributed by atoms with Crippen molar-refractivity contribution in [3.8, 4) is 0 Å². The van der Waals surface area contributed by atoms with Gasteiger partial charge in [0.15, 0.2) is 11.3 Å². The fourth-order valence-corrected chi connectivity index (χ4v) is 4.69. The van der Waals surface area contributed by atoms with E-state index in [4.69, 9.17) is 4.98 Å². The van der Waals surface area contributed by atoms with Crippen LogP contribution in [0.3, 0.4) is 0 Å². The second-order valence-corrected chi connectivity index (χ2v) is 8.25. The number of rotatable bonds is 3. The molecule has 146 valence electrons. The van der Waals surface area contributed by atoms with Crippen LogP contribution in [0.2, 0.25) is 0 Å². The molecule has 1 aliphatic carbocycles. The molecule has 0 saturated carbocycles. The maximum Gasteiger partial charge on any atom is 0.274 e. The largest absolute Gasteiger partial charge is 0.337 e. The maximum atomic E-state index is 13.0. The van der Waals surface area contributed by atoms with Crippen LogP contribution < -0.4 is 0 Å². The smallest absolute Gasteiger partial charge is 0.274 e. The van der Waals surface area contributed by atoms with Crippen molar-refractivity contribution in [2.45, 2.75) is 57.9 Å². The van der Waals surface area contributed by atoms with Crippen LogP contribution in [-0.2, 0) is 12.8 Å². The Morgan fingerprint density at radius 2 is 2.07 bits per heavy atom. The SMILES string of the molecule is CC(C)c1nc2cccnc2n1C1CCN(C(=O)c2n[nH]c3c2CCC3)CC1. The van der Waals surface area contributed by atoms with Gasteiger partial charge in [-0.25, -0.2) is 9.97 Å². The van der Waals surface area contributed by atoms with E-state index in [0.29, 0.717) is 17.7 Å². The highest BCUT2D eigenvalue weighted by Crippen LogP contribution is 2.32. The summed E-state index contributed by atoms with van der Waals surface area (Å²) in [5, 5.41) is 7.38. The average molecular weight is 378 g/mol. The number of amides is 1. The zero-order valence-electron chi connectivity index (χ0n) is 16.5. The summed E-state index contributed by atoms with van der Waals surface area (Å²) < 4.78 is 2.31. The van der Waals surface area contributed by atoms with Gasteiger partial charge in [0, 0.05) is 42.5 Å². The van der Waals surface area contributed by atoms with Crippen molar-refractivity contribution in [1.82, 2.24) is 29.6 Å². The molecule has 0 aromatic carbocycles. The minimum atomic E-state index is 0.0792. The molecule has 1 aliphatic heterocycles. The first kappa shape index (κ1) is 17.4. The summed E-state index contributed by atoms with van der Waals surface area (Å²) in [6.45, 7) is 5.84. The van der Waals surface area contributed by atoms with Crippen molar-refractivity contribution in [3.05, 3.63) is 41.1 Å². The highest BCUT2D eigenvalue weighted by molar-refractivity contribution is 5.94. The number of piperidine rings is 1. The minimum Gasteiger partial charge on any atom is -0.337 e. The summed E-state index contributed by atoms with van der Waals surface area (Å²) >= 11 is 0. The number of aryl methyl sites for hydroxylation is 1. The Morgan fingerprint density at radius 1 is 1.25 bits per heavy atom. The fourth-order valence-electron chi connectivity index (χ4n) is 4.69. The minimum absolute atomic E-state index is 0.0792. The third-order valence-electron chi connectivity index (χ3n) is 6.12. The van der Waals surface area contributed by atoms with E-state index in [2.05, 4.69) is 33.6 Å². The first-order chi connectivity index (χ1) is 13.6. The van der Waals surface area contributed by atoms with Crippen LogP contribution in [0.4, 0.5) is 0 Å². The second-order valence-electron chi connectivity index (χ2n) is 8.25. The number of nitrogens with one attached hydrogen (secondary N) is 1. The van der Waals surface area contributed by atoms with Gasteiger partial charge in [-0.15, -0.1) is 0 Å². The van der Waals surface area contributed by atoms with Crippen LogP contribution in [0.5, 0.6) is 0 Å². The topological polar surface area (TPSA) is 79.7 Å². The molecule has 0 radical (unpaired) electrons. The molecule has 4 heterocycles. The van der Waals surface area contributed by atoms with E-state index >= 15 is 0 Å². The number of nitrogens with zero attached hydrogens (tertiary/aromatic N) is 5. The Hall–Kier alpha value is -2.70. The number of hydrogen-bond acceptors (Lipinski definition) is 4. The van der Waals surface area contributed by atoms with Crippen LogP contribution in [0.1, 0.15) is 72.6 Å². The third-order valence-corrected chi connectivity index (χ3v) is 6.12. The van der Waals surface area contributed by atoms with Gasteiger partial charge in [-0.3, -0.25) is 9.89 Å². The van der Waals surface area contributed by atoms with Crippen molar-refractivity contribution < 1.29 is 4.79 Å². The van der Waals surface area contributed by atoms with Crippen molar-refractivity contribution >= 4 is 17.1 Å². The van der Waals surface area contributed by atoms with Crippen molar-refractivity contribution in [2.24, 2.45) is 0 Å². The highest BCUT2D eigenvalue weighted by Gasteiger charge is 2.31. The van der Waals surface area contributed by atoms with Gasteiger partial charge in [-0.1, -0.05) is 13.8 Å². The number of pyridine rings is 1. The fraction of sp³-hybridized carbons (Fsp3) is 0.524. The molecule has 28 heavy (non-hydrogen) atoms. The Balaban J connectivity index is 1.37. The lowest BCUT2D eigenvalue weighted by molar-refractivity contribution is 0.0687. The molecule has 0 unspecified atom stereocenters. The molecule has 1 fully saturated rings. The Morgan fingerprint density at radius 3 is 2.86 bits per heavy atom. The number of imidazole rings is 1. The van der Waals surface area contributed by atoms with Gasteiger partial charge >= 0.3 is 0 Å². The zero-order chi connectivity index (χ0) is 19.3. The number of hydrogen-bond donors (Lipinski definition) is 1. The third kappa shape index (κ3) is 2.72. The molecule has 1 saturated heterocycles. The van der Waals surface area contributed by atoms with Crippen LogP contribution in [0.25, 0.3) is 11.2 Å².